The van der Waals surface area contributed by atoms with Crippen LogP contribution in [0.15, 0.2) is 35.6 Å². The summed E-state index contributed by atoms with van der Waals surface area (Å²) in [5.74, 6) is -2.66. The number of Topliss-reactive ketones (excluding diaryl/α,β-unsaturated/α-hetero) is 1. The summed E-state index contributed by atoms with van der Waals surface area (Å²) < 4.78 is 0. The highest BCUT2D eigenvalue weighted by atomic mass is 16.5. The van der Waals surface area contributed by atoms with E-state index in [1.54, 1.807) is 6.08 Å². The second-order valence-electron chi connectivity index (χ2n) is 10.3. The summed E-state index contributed by atoms with van der Waals surface area (Å²) >= 11 is 0. The van der Waals surface area contributed by atoms with Crippen LogP contribution in [-0.4, -0.2) is 44.3 Å². The Kier molecular flexibility index (Phi) is 8.57. The number of aliphatic hydroxyl groups excluding tert-OH is 2. The minimum Gasteiger partial charge on any atom is -0.511 e. The van der Waals surface area contributed by atoms with E-state index in [0.717, 1.165) is 56.9 Å². The van der Waals surface area contributed by atoms with E-state index in [1.807, 2.05) is 13.0 Å². The second kappa shape index (κ2) is 11.0. The van der Waals surface area contributed by atoms with Gasteiger partial charge in [0.1, 0.15) is 17.4 Å². The van der Waals surface area contributed by atoms with E-state index in [0.29, 0.717) is 11.5 Å². The molecule has 0 aromatic carbocycles. The Morgan fingerprint density at radius 3 is 2.61 bits per heavy atom. The number of ketones is 1. The highest BCUT2D eigenvalue weighted by Crippen LogP contribution is 2.49. The van der Waals surface area contributed by atoms with Crippen LogP contribution >= 0.6 is 0 Å². The predicted molar refractivity (Wildman–Crippen MR) is 127 cm³/mol. The molecule has 3 rings (SSSR count). The molecule has 3 N–H and O–H groups in total. The number of aliphatic hydroxyl groups is 2. The highest BCUT2D eigenvalue weighted by Gasteiger charge is 2.51. The molecule has 2 fully saturated rings. The molecule has 0 spiro atoms. The number of carbonyl (C=O) groups is 2. The lowest BCUT2D eigenvalue weighted by molar-refractivity contribution is -0.168. The van der Waals surface area contributed by atoms with Crippen LogP contribution in [-0.2, 0) is 9.59 Å². The van der Waals surface area contributed by atoms with Gasteiger partial charge in [0.25, 0.3) is 5.91 Å². The molecule has 1 aliphatic heterocycles. The Morgan fingerprint density at radius 1 is 1.24 bits per heavy atom. The smallest absolute Gasteiger partial charge is 0.285 e. The van der Waals surface area contributed by atoms with Crippen LogP contribution in [0.5, 0.6) is 0 Å². The maximum absolute atomic E-state index is 13.4. The summed E-state index contributed by atoms with van der Waals surface area (Å²) in [5, 5.41) is 33.1. The van der Waals surface area contributed by atoms with Gasteiger partial charge in [0.2, 0.25) is 0 Å². The van der Waals surface area contributed by atoms with Crippen molar-refractivity contribution in [2.24, 2.45) is 29.6 Å². The number of hydrogen-bond donors (Lipinski definition) is 3. The van der Waals surface area contributed by atoms with E-state index < -0.39 is 29.8 Å². The number of fused-ring (bicyclic) bond motifs is 1. The lowest BCUT2D eigenvalue weighted by Crippen LogP contribution is -2.41. The fourth-order valence-corrected chi connectivity index (χ4v) is 6.22. The first-order valence-corrected chi connectivity index (χ1v) is 12.7. The summed E-state index contributed by atoms with van der Waals surface area (Å²) in [6, 6.07) is -1.05. The predicted octanol–water partition coefficient (Wildman–Crippen LogP) is 5.12. The van der Waals surface area contributed by atoms with Crippen molar-refractivity contribution in [1.82, 2.24) is 5.06 Å². The number of carbonyl (C=O) groups excluding carboxylic acids is 2. The molecule has 0 aromatic heterocycles. The van der Waals surface area contributed by atoms with Gasteiger partial charge >= 0.3 is 0 Å². The maximum Gasteiger partial charge on any atom is 0.285 e. The lowest BCUT2D eigenvalue weighted by atomic mass is 9.61. The van der Waals surface area contributed by atoms with Gasteiger partial charge in [-0.05, 0) is 43.4 Å². The van der Waals surface area contributed by atoms with Gasteiger partial charge in [0.05, 0.1) is 6.10 Å². The zero-order valence-corrected chi connectivity index (χ0v) is 20.4. The first kappa shape index (κ1) is 25.7. The van der Waals surface area contributed by atoms with Crippen molar-refractivity contribution >= 4 is 11.7 Å². The summed E-state index contributed by atoms with van der Waals surface area (Å²) in [4.78, 5) is 26.4. The average molecular weight is 460 g/mol. The second-order valence-corrected chi connectivity index (χ2v) is 10.3. The van der Waals surface area contributed by atoms with Crippen molar-refractivity contribution in [2.75, 3.05) is 0 Å². The van der Waals surface area contributed by atoms with Crippen molar-refractivity contribution in [3.05, 3.63) is 35.6 Å². The summed E-state index contributed by atoms with van der Waals surface area (Å²) in [7, 11) is 0. The van der Waals surface area contributed by atoms with Crippen LogP contribution in [0.2, 0.25) is 0 Å². The molecule has 1 saturated carbocycles. The van der Waals surface area contributed by atoms with Crippen LogP contribution in [0, 0.1) is 29.6 Å². The molecule has 1 amide bonds. The molecule has 2 aliphatic carbocycles. The first-order chi connectivity index (χ1) is 15.7. The molecule has 7 atom stereocenters. The fourth-order valence-electron chi connectivity index (χ4n) is 6.22. The van der Waals surface area contributed by atoms with Crippen molar-refractivity contribution in [3.63, 3.8) is 0 Å². The quantitative estimate of drug-likeness (QED) is 0.111. The summed E-state index contributed by atoms with van der Waals surface area (Å²) in [6.07, 6.45) is 11.6. The summed E-state index contributed by atoms with van der Waals surface area (Å²) in [6.45, 7) is 9.96. The SMILES string of the molecule is C=CC(CCCCCCC)C1C(=O)C(=C(O)C2C(C)C(O)C=C3CCCC(C)C32)C(=O)N1O. The minimum atomic E-state index is -1.05. The zero-order chi connectivity index (χ0) is 24.3. The number of rotatable bonds is 9. The molecule has 184 valence electrons. The third kappa shape index (κ3) is 4.97. The van der Waals surface area contributed by atoms with Crippen LogP contribution in [0.3, 0.4) is 0 Å². The van der Waals surface area contributed by atoms with E-state index in [1.165, 1.54) is 0 Å². The molecule has 7 unspecified atom stereocenters. The third-order valence-corrected chi connectivity index (χ3v) is 8.16. The molecule has 3 aliphatic rings. The molecule has 0 radical (unpaired) electrons. The van der Waals surface area contributed by atoms with Gasteiger partial charge in [-0.2, -0.15) is 0 Å². The van der Waals surface area contributed by atoms with E-state index in [9.17, 15) is 25.0 Å². The van der Waals surface area contributed by atoms with Gasteiger partial charge < -0.3 is 10.2 Å². The normalized spacial score (nSPS) is 34.7. The molecular weight excluding hydrogens is 418 g/mol. The molecule has 33 heavy (non-hydrogen) atoms. The topological polar surface area (TPSA) is 98.1 Å². The molecule has 1 heterocycles. The Morgan fingerprint density at radius 2 is 1.94 bits per heavy atom. The first-order valence-electron chi connectivity index (χ1n) is 12.7. The van der Waals surface area contributed by atoms with Crippen LogP contribution in [0.25, 0.3) is 0 Å². The van der Waals surface area contributed by atoms with Gasteiger partial charge in [-0.1, -0.05) is 70.6 Å². The molecular formula is C27H41NO5. The van der Waals surface area contributed by atoms with E-state index in [2.05, 4.69) is 20.4 Å². The largest absolute Gasteiger partial charge is 0.511 e. The van der Waals surface area contributed by atoms with E-state index in [-0.39, 0.29) is 35.0 Å². The minimum absolute atomic E-state index is 0.0230. The standard InChI is InChI=1S/C27H41NO5/c1-5-7-8-9-10-13-18(6-2)24-26(31)23(27(32)28(24)33)25(30)22-17(4)20(29)15-19-14-11-12-16(3)21(19)22/h6,15-18,20-22,24,29-30,33H,2,5,7-14H2,1,3-4H3. The van der Waals surface area contributed by atoms with Gasteiger partial charge in [0, 0.05) is 11.8 Å². The molecule has 0 aromatic rings. The number of hydrogen-bond acceptors (Lipinski definition) is 5. The Bertz CT molecular complexity index is 815. The van der Waals surface area contributed by atoms with Crippen LogP contribution in [0.1, 0.15) is 78.6 Å². The molecule has 6 heteroatoms. The van der Waals surface area contributed by atoms with Gasteiger partial charge in [-0.25, -0.2) is 5.06 Å². The van der Waals surface area contributed by atoms with Crippen molar-refractivity contribution in [3.8, 4) is 0 Å². The van der Waals surface area contributed by atoms with Crippen LogP contribution in [0.4, 0.5) is 0 Å². The highest BCUT2D eigenvalue weighted by molar-refractivity contribution is 6.26. The monoisotopic (exact) mass is 459 g/mol. The van der Waals surface area contributed by atoms with Crippen molar-refractivity contribution in [2.45, 2.75) is 90.7 Å². The molecule has 0 bridgehead atoms. The van der Waals surface area contributed by atoms with E-state index in [4.69, 9.17) is 0 Å². The van der Waals surface area contributed by atoms with Gasteiger partial charge in [0.15, 0.2) is 5.78 Å². The molecule has 6 nitrogen and oxygen atoms in total. The average Bonchev–Trinajstić information content (AvgIpc) is 3.00. The Hall–Kier alpha value is -1.92. The fraction of sp³-hybridized carbons (Fsp3) is 0.704. The zero-order valence-electron chi connectivity index (χ0n) is 20.4. The number of amides is 1. The Balaban J connectivity index is 1.89. The number of unbranched alkanes of at least 4 members (excludes halogenated alkanes) is 4. The number of hydroxylamine groups is 2. The number of allylic oxidation sites excluding steroid dienone is 2. The number of nitrogens with zero attached hydrogens (tertiary/aromatic N) is 1. The van der Waals surface area contributed by atoms with Gasteiger partial charge in [-0.15, -0.1) is 6.58 Å². The van der Waals surface area contributed by atoms with E-state index >= 15 is 0 Å². The van der Waals surface area contributed by atoms with Gasteiger partial charge in [-0.3, -0.25) is 14.8 Å². The third-order valence-electron chi connectivity index (χ3n) is 8.16. The molecule has 1 saturated heterocycles. The Labute approximate surface area is 198 Å². The maximum atomic E-state index is 13.4. The van der Waals surface area contributed by atoms with Crippen molar-refractivity contribution in [1.29, 1.82) is 0 Å². The van der Waals surface area contributed by atoms with Crippen LogP contribution < -0.4 is 0 Å². The lowest BCUT2D eigenvalue weighted by Gasteiger charge is -2.44. The summed E-state index contributed by atoms with van der Waals surface area (Å²) in [5.41, 5.74) is 0.784. The van der Waals surface area contributed by atoms with Crippen molar-refractivity contribution < 1.29 is 25.0 Å².